The molecule has 4 rings (SSSR count). The Kier molecular flexibility index (Phi) is 7.55. The van der Waals surface area contributed by atoms with Gasteiger partial charge in [-0.2, -0.15) is 0 Å². The second-order valence-corrected chi connectivity index (χ2v) is 11.8. The minimum atomic E-state index is -0.203. The molecule has 0 amide bonds. The fraction of sp³-hybridized carbons (Fsp3) is 0.741. The molecular weight excluding hydrogens is 442 g/mol. The van der Waals surface area contributed by atoms with Crippen molar-refractivity contribution in [3.8, 4) is 5.88 Å². The molecule has 35 heavy (non-hydrogen) atoms. The number of nitrogens with one attached hydrogen (secondary N) is 1. The van der Waals surface area contributed by atoms with E-state index in [1.807, 2.05) is 19.3 Å². The van der Waals surface area contributed by atoms with Crippen molar-refractivity contribution in [2.45, 2.75) is 108 Å². The SMILES string of the molecule is COC[C@H](C)Nc1ncc2c(OC3CC(C)(C)N(C)C(C)(C)C3)ncc(C3CCC(O)CC3)c2n1. The Balaban J connectivity index is 1.68. The minimum absolute atomic E-state index is 0.0240. The molecule has 2 fully saturated rings. The van der Waals surface area contributed by atoms with E-state index in [1.165, 1.54) is 0 Å². The first kappa shape index (κ1) is 26.0. The number of fused-ring (bicyclic) bond motifs is 1. The van der Waals surface area contributed by atoms with Gasteiger partial charge in [-0.1, -0.05) is 0 Å². The van der Waals surface area contributed by atoms with Crippen molar-refractivity contribution in [2.24, 2.45) is 0 Å². The summed E-state index contributed by atoms with van der Waals surface area (Å²) in [5, 5.41) is 14.2. The quantitative estimate of drug-likeness (QED) is 0.591. The largest absolute Gasteiger partial charge is 0.474 e. The van der Waals surface area contributed by atoms with E-state index in [1.54, 1.807) is 7.11 Å². The van der Waals surface area contributed by atoms with Crippen LogP contribution in [0.2, 0.25) is 0 Å². The molecule has 1 aliphatic heterocycles. The minimum Gasteiger partial charge on any atom is -0.474 e. The predicted molar refractivity (Wildman–Crippen MR) is 139 cm³/mol. The molecule has 2 aromatic heterocycles. The van der Waals surface area contributed by atoms with Crippen molar-refractivity contribution in [1.82, 2.24) is 19.9 Å². The maximum Gasteiger partial charge on any atom is 0.224 e. The van der Waals surface area contributed by atoms with Gasteiger partial charge in [-0.3, -0.25) is 4.90 Å². The second-order valence-electron chi connectivity index (χ2n) is 11.8. The maximum atomic E-state index is 10.0. The Bertz CT molecular complexity index is 1000. The number of hydrogen-bond donors (Lipinski definition) is 2. The number of piperidine rings is 1. The van der Waals surface area contributed by atoms with Gasteiger partial charge < -0.3 is 19.9 Å². The highest BCUT2D eigenvalue weighted by molar-refractivity contribution is 5.86. The van der Waals surface area contributed by atoms with Gasteiger partial charge in [0.25, 0.3) is 0 Å². The fourth-order valence-electron chi connectivity index (χ4n) is 5.90. The summed E-state index contributed by atoms with van der Waals surface area (Å²) in [6.45, 7) is 11.7. The lowest BCUT2D eigenvalue weighted by Gasteiger charge is -2.53. The van der Waals surface area contributed by atoms with Crippen molar-refractivity contribution in [2.75, 3.05) is 26.1 Å². The fourth-order valence-corrected chi connectivity index (χ4v) is 5.90. The van der Waals surface area contributed by atoms with Crippen molar-refractivity contribution < 1.29 is 14.6 Å². The van der Waals surface area contributed by atoms with Crippen LogP contribution in [0.25, 0.3) is 10.9 Å². The van der Waals surface area contributed by atoms with Gasteiger partial charge in [0.2, 0.25) is 11.8 Å². The molecule has 8 nitrogen and oxygen atoms in total. The summed E-state index contributed by atoms with van der Waals surface area (Å²) in [6.07, 6.45) is 8.98. The summed E-state index contributed by atoms with van der Waals surface area (Å²) in [6, 6.07) is 0.0898. The highest BCUT2D eigenvalue weighted by Gasteiger charge is 2.44. The van der Waals surface area contributed by atoms with E-state index in [9.17, 15) is 5.11 Å². The van der Waals surface area contributed by atoms with E-state index in [-0.39, 0.29) is 29.3 Å². The second kappa shape index (κ2) is 10.1. The van der Waals surface area contributed by atoms with Crippen LogP contribution in [0, 0.1) is 0 Å². The first-order valence-electron chi connectivity index (χ1n) is 13.0. The zero-order valence-corrected chi connectivity index (χ0v) is 22.5. The normalized spacial score (nSPS) is 25.9. The lowest BCUT2D eigenvalue weighted by molar-refractivity contribution is -0.0563. The number of aromatic nitrogens is 3. The summed E-state index contributed by atoms with van der Waals surface area (Å²) in [5.41, 5.74) is 2.06. The smallest absolute Gasteiger partial charge is 0.224 e. The Labute approximate surface area is 209 Å². The third-order valence-electron chi connectivity index (χ3n) is 8.09. The van der Waals surface area contributed by atoms with Crippen molar-refractivity contribution in [3.05, 3.63) is 18.0 Å². The third-order valence-corrected chi connectivity index (χ3v) is 8.09. The predicted octanol–water partition coefficient (Wildman–Crippen LogP) is 4.52. The topological polar surface area (TPSA) is 92.6 Å². The molecule has 8 heteroatoms. The Morgan fingerprint density at radius 2 is 1.74 bits per heavy atom. The number of ether oxygens (including phenoxy) is 2. The van der Waals surface area contributed by atoms with Crippen LogP contribution >= 0.6 is 0 Å². The molecule has 2 aliphatic rings. The van der Waals surface area contributed by atoms with Gasteiger partial charge in [0.1, 0.15) is 6.10 Å². The molecule has 1 saturated carbocycles. The molecule has 0 bridgehead atoms. The molecule has 3 heterocycles. The van der Waals surface area contributed by atoms with Gasteiger partial charge in [0.15, 0.2) is 0 Å². The van der Waals surface area contributed by atoms with Crippen molar-refractivity contribution in [1.29, 1.82) is 0 Å². The van der Waals surface area contributed by atoms with Crippen molar-refractivity contribution >= 4 is 16.9 Å². The van der Waals surface area contributed by atoms with Crippen LogP contribution in [-0.2, 0) is 4.74 Å². The van der Waals surface area contributed by atoms with Crippen LogP contribution in [0.5, 0.6) is 5.88 Å². The standard InChI is InChI=1S/C27H43N5O3/c1-17(16-34-7)30-25-29-15-22-23(31-25)21(18-8-10-19(33)11-9-18)14-28-24(22)35-20-12-26(2,3)32(6)27(4,5)13-20/h14-15,17-20,33H,8-13,16H2,1-7H3,(H,29,30,31)/t17-,18?,19?/m0/s1. The van der Waals surface area contributed by atoms with Crippen LogP contribution in [0.15, 0.2) is 12.4 Å². The van der Waals surface area contributed by atoms with Gasteiger partial charge >= 0.3 is 0 Å². The van der Waals surface area contributed by atoms with Gasteiger partial charge in [0, 0.05) is 55.0 Å². The number of aliphatic hydroxyl groups excluding tert-OH is 1. The Morgan fingerprint density at radius 1 is 1.09 bits per heavy atom. The average Bonchev–Trinajstić information content (AvgIpc) is 2.78. The van der Waals surface area contributed by atoms with Crippen molar-refractivity contribution in [3.63, 3.8) is 0 Å². The molecule has 2 N–H and O–H groups in total. The summed E-state index contributed by atoms with van der Waals surface area (Å²) < 4.78 is 11.9. The lowest BCUT2D eigenvalue weighted by atomic mass is 9.79. The Morgan fingerprint density at radius 3 is 2.37 bits per heavy atom. The van der Waals surface area contributed by atoms with E-state index in [0.717, 1.165) is 55.0 Å². The molecular formula is C27H43N5O3. The van der Waals surface area contributed by atoms with Gasteiger partial charge in [0.05, 0.1) is 23.6 Å². The molecule has 2 aromatic rings. The van der Waals surface area contributed by atoms with Crippen LogP contribution in [0.4, 0.5) is 5.95 Å². The van der Waals surface area contributed by atoms with E-state index in [0.29, 0.717) is 24.4 Å². The molecule has 0 aromatic carbocycles. The average molecular weight is 486 g/mol. The molecule has 194 valence electrons. The van der Waals surface area contributed by atoms with E-state index in [2.05, 4.69) is 49.9 Å². The summed E-state index contributed by atoms with van der Waals surface area (Å²) in [5.74, 6) is 1.51. The number of pyridine rings is 1. The van der Waals surface area contributed by atoms with Gasteiger partial charge in [-0.05, 0) is 73.3 Å². The number of aliphatic hydroxyl groups is 1. The molecule has 0 unspecified atom stereocenters. The van der Waals surface area contributed by atoms with Gasteiger partial charge in [-0.15, -0.1) is 0 Å². The maximum absolute atomic E-state index is 10.0. The summed E-state index contributed by atoms with van der Waals surface area (Å²) in [7, 11) is 3.89. The lowest BCUT2D eigenvalue weighted by Crippen LogP contribution is -2.60. The number of rotatable bonds is 7. The number of anilines is 1. The first-order chi connectivity index (χ1) is 16.5. The number of nitrogens with zero attached hydrogens (tertiary/aromatic N) is 4. The number of hydrogen-bond acceptors (Lipinski definition) is 8. The van der Waals surface area contributed by atoms with Gasteiger partial charge in [-0.25, -0.2) is 15.0 Å². The van der Waals surface area contributed by atoms with E-state index >= 15 is 0 Å². The molecule has 1 aliphatic carbocycles. The molecule has 1 saturated heterocycles. The summed E-state index contributed by atoms with van der Waals surface area (Å²) in [4.78, 5) is 16.8. The zero-order valence-electron chi connectivity index (χ0n) is 22.5. The van der Waals surface area contributed by atoms with Crippen LogP contribution < -0.4 is 10.1 Å². The number of likely N-dealkylation sites (tertiary alicyclic amines) is 1. The van der Waals surface area contributed by atoms with E-state index < -0.39 is 0 Å². The first-order valence-corrected chi connectivity index (χ1v) is 13.0. The van der Waals surface area contributed by atoms with Crippen LogP contribution in [0.1, 0.15) is 84.6 Å². The van der Waals surface area contributed by atoms with Crippen LogP contribution in [-0.4, -0.2) is 75.1 Å². The monoisotopic (exact) mass is 485 g/mol. The molecule has 1 atom stereocenters. The van der Waals surface area contributed by atoms with Crippen LogP contribution in [0.3, 0.4) is 0 Å². The number of methoxy groups -OCH3 is 1. The van der Waals surface area contributed by atoms with E-state index in [4.69, 9.17) is 19.4 Å². The molecule has 0 radical (unpaired) electrons. The summed E-state index contributed by atoms with van der Waals surface area (Å²) >= 11 is 0. The molecule has 0 spiro atoms. The zero-order chi connectivity index (χ0) is 25.4. The Hall–Kier alpha value is -2.03. The highest BCUT2D eigenvalue weighted by Crippen LogP contribution is 2.41. The third kappa shape index (κ3) is 5.70. The highest BCUT2D eigenvalue weighted by atomic mass is 16.5.